The van der Waals surface area contributed by atoms with E-state index in [0.29, 0.717) is 18.0 Å². The van der Waals surface area contributed by atoms with Crippen LogP contribution in [-0.4, -0.2) is 31.9 Å². The number of fused-ring (bicyclic) bond motifs is 1. The van der Waals surface area contributed by atoms with Gasteiger partial charge in [-0.2, -0.15) is 5.10 Å². The molecule has 3 aromatic carbocycles. The third-order valence-electron chi connectivity index (χ3n) is 5.33. The summed E-state index contributed by atoms with van der Waals surface area (Å²) in [5.74, 6) is 2.87. The van der Waals surface area contributed by atoms with Crippen LogP contribution in [0.5, 0.6) is 23.0 Å². The first-order chi connectivity index (χ1) is 16.7. The van der Waals surface area contributed by atoms with Crippen molar-refractivity contribution < 1.29 is 18.9 Å². The van der Waals surface area contributed by atoms with E-state index < -0.39 is 0 Å². The molecule has 0 N–H and O–H groups in total. The zero-order chi connectivity index (χ0) is 23.3. The van der Waals surface area contributed by atoms with Crippen LogP contribution >= 0.6 is 11.3 Å². The van der Waals surface area contributed by atoms with Gasteiger partial charge in [-0.15, -0.1) is 11.3 Å². The molecule has 1 aliphatic rings. The lowest BCUT2D eigenvalue weighted by Crippen LogP contribution is -2.12. The third kappa shape index (κ3) is 4.53. The van der Waals surface area contributed by atoms with Gasteiger partial charge >= 0.3 is 0 Å². The highest BCUT2D eigenvalue weighted by molar-refractivity contribution is 7.07. The van der Waals surface area contributed by atoms with Crippen LogP contribution in [0.1, 0.15) is 11.1 Å². The number of nitrogens with zero attached hydrogens (tertiary/aromatic N) is 3. The Morgan fingerprint density at radius 2 is 1.82 bits per heavy atom. The highest BCUT2D eigenvalue weighted by Gasteiger charge is 2.15. The molecule has 0 radical (unpaired) electrons. The summed E-state index contributed by atoms with van der Waals surface area (Å²) >= 11 is 1.53. The number of aromatic nitrogens is 1. The summed E-state index contributed by atoms with van der Waals surface area (Å²) in [6.45, 7) is 0.791. The van der Waals surface area contributed by atoms with E-state index in [1.54, 1.807) is 20.4 Å². The quantitative estimate of drug-likeness (QED) is 0.357. The van der Waals surface area contributed by atoms with Crippen LogP contribution in [0.4, 0.5) is 0 Å². The Bertz CT molecular complexity index is 1390. The van der Waals surface area contributed by atoms with Crippen LogP contribution in [0, 0.1) is 0 Å². The molecule has 0 unspecified atom stereocenters. The molecule has 0 saturated heterocycles. The predicted molar refractivity (Wildman–Crippen MR) is 132 cm³/mol. The van der Waals surface area contributed by atoms with Crippen LogP contribution in [0.25, 0.3) is 11.3 Å². The standard InChI is InChI=1S/C26H23N3O4S/c1-30-20-9-10-21(24(13-20)31-2)22-16-34-26(27-14-18-6-4-3-5-7-18)29(22)28-15-19-8-11-23-25(12-19)33-17-32-23/h3-13,15-16H,14,17H2,1-2H3. The summed E-state index contributed by atoms with van der Waals surface area (Å²) in [4.78, 5) is 5.61. The number of methoxy groups -OCH3 is 2. The van der Waals surface area contributed by atoms with Gasteiger partial charge in [-0.05, 0) is 41.5 Å². The second-order valence-electron chi connectivity index (χ2n) is 7.44. The zero-order valence-corrected chi connectivity index (χ0v) is 19.6. The Labute approximate surface area is 201 Å². The first-order valence-electron chi connectivity index (χ1n) is 10.7. The van der Waals surface area contributed by atoms with Crippen molar-refractivity contribution in [3.05, 3.63) is 88.0 Å². The maximum absolute atomic E-state index is 5.65. The molecule has 8 heteroatoms. The molecule has 0 amide bonds. The molecule has 34 heavy (non-hydrogen) atoms. The number of hydrogen-bond acceptors (Lipinski definition) is 7. The van der Waals surface area contributed by atoms with E-state index in [4.69, 9.17) is 29.0 Å². The second kappa shape index (κ2) is 9.84. The maximum Gasteiger partial charge on any atom is 0.231 e. The van der Waals surface area contributed by atoms with Gasteiger partial charge in [-0.1, -0.05) is 30.3 Å². The molecule has 0 spiro atoms. The molecule has 0 atom stereocenters. The van der Waals surface area contributed by atoms with E-state index in [1.807, 2.05) is 64.7 Å². The van der Waals surface area contributed by atoms with Crippen LogP contribution < -0.4 is 23.7 Å². The maximum atomic E-state index is 5.65. The van der Waals surface area contributed by atoms with Crippen molar-refractivity contribution in [2.45, 2.75) is 6.54 Å². The van der Waals surface area contributed by atoms with Gasteiger partial charge in [-0.3, -0.25) is 4.99 Å². The van der Waals surface area contributed by atoms with Gasteiger partial charge in [0, 0.05) is 17.0 Å². The van der Waals surface area contributed by atoms with Crippen LogP contribution in [0.2, 0.25) is 0 Å². The van der Waals surface area contributed by atoms with Crippen LogP contribution in [0.15, 0.2) is 82.2 Å². The smallest absolute Gasteiger partial charge is 0.231 e. The number of thiazole rings is 1. The summed E-state index contributed by atoms with van der Waals surface area (Å²) in [6.07, 6.45) is 1.79. The largest absolute Gasteiger partial charge is 0.497 e. The third-order valence-corrected chi connectivity index (χ3v) is 6.18. The summed E-state index contributed by atoms with van der Waals surface area (Å²) in [5, 5.41) is 6.83. The van der Waals surface area contributed by atoms with Gasteiger partial charge in [0.05, 0.1) is 32.7 Å². The summed E-state index contributed by atoms with van der Waals surface area (Å²) in [6, 6.07) is 21.6. The number of benzene rings is 3. The monoisotopic (exact) mass is 473 g/mol. The van der Waals surface area contributed by atoms with Gasteiger partial charge in [-0.25, -0.2) is 4.68 Å². The molecule has 5 rings (SSSR count). The lowest BCUT2D eigenvalue weighted by atomic mass is 10.1. The van der Waals surface area contributed by atoms with E-state index in [1.165, 1.54) is 11.3 Å². The van der Waals surface area contributed by atoms with Crippen molar-refractivity contribution in [3.8, 4) is 34.3 Å². The van der Waals surface area contributed by atoms with Crippen molar-refractivity contribution >= 4 is 17.6 Å². The molecule has 0 bridgehead atoms. The lowest BCUT2D eigenvalue weighted by molar-refractivity contribution is 0.174. The van der Waals surface area contributed by atoms with E-state index in [2.05, 4.69) is 12.1 Å². The van der Waals surface area contributed by atoms with Gasteiger partial charge < -0.3 is 18.9 Å². The highest BCUT2D eigenvalue weighted by atomic mass is 32.1. The molecule has 0 fully saturated rings. The summed E-state index contributed by atoms with van der Waals surface area (Å²) in [7, 11) is 3.28. The molecule has 172 valence electrons. The highest BCUT2D eigenvalue weighted by Crippen LogP contribution is 2.34. The first-order valence-corrected chi connectivity index (χ1v) is 11.5. The van der Waals surface area contributed by atoms with E-state index in [-0.39, 0.29) is 6.79 Å². The number of rotatable bonds is 7. The average molecular weight is 474 g/mol. The van der Waals surface area contributed by atoms with Gasteiger partial charge in [0.15, 0.2) is 11.5 Å². The average Bonchev–Trinajstić information content (AvgIpc) is 3.52. The van der Waals surface area contributed by atoms with E-state index >= 15 is 0 Å². The molecular weight excluding hydrogens is 450 g/mol. The molecule has 0 saturated carbocycles. The van der Waals surface area contributed by atoms with Crippen molar-refractivity contribution in [1.82, 2.24) is 4.68 Å². The van der Waals surface area contributed by atoms with Crippen molar-refractivity contribution in [2.75, 3.05) is 21.0 Å². The topological polar surface area (TPSA) is 66.6 Å². The Hall–Kier alpha value is -4.04. The molecule has 2 heterocycles. The van der Waals surface area contributed by atoms with Crippen molar-refractivity contribution in [2.24, 2.45) is 10.1 Å². The zero-order valence-electron chi connectivity index (χ0n) is 18.8. The molecule has 0 aliphatic carbocycles. The number of hydrogen-bond donors (Lipinski definition) is 0. The summed E-state index contributed by atoms with van der Waals surface area (Å²) in [5.41, 5.74) is 3.78. The molecule has 1 aromatic heterocycles. The van der Waals surface area contributed by atoms with E-state index in [0.717, 1.165) is 38.7 Å². The fraction of sp³-hybridized carbons (Fsp3) is 0.154. The lowest BCUT2D eigenvalue weighted by Gasteiger charge is -2.11. The Balaban J connectivity index is 1.57. The molecule has 7 nitrogen and oxygen atoms in total. The van der Waals surface area contributed by atoms with Crippen molar-refractivity contribution in [3.63, 3.8) is 0 Å². The number of ether oxygens (including phenoxy) is 4. The Morgan fingerprint density at radius 1 is 0.971 bits per heavy atom. The minimum Gasteiger partial charge on any atom is -0.497 e. The van der Waals surface area contributed by atoms with Crippen LogP contribution in [-0.2, 0) is 6.54 Å². The minimum absolute atomic E-state index is 0.235. The normalized spacial score (nSPS) is 12.9. The van der Waals surface area contributed by atoms with Crippen molar-refractivity contribution in [1.29, 1.82) is 0 Å². The minimum atomic E-state index is 0.235. The Morgan fingerprint density at radius 3 is 2.65 bits per heavy atom. The molecule has 4 aromatic rings. The van der Waals surface area contributed by atoms with Gasteiger partial charge in [0.2, 0.25) is 11.6 Å². The second-order valence-corrected chi connectivity index (χ2v) is 8.28. The van der Waals surface area contributed by atoms with E-state index in [9.17, 15) is 0 Å². The van der Waals surface area contributed by atoms with Gasteiger partial charge in [0.1, 0.15) is 11.5 Å². The van der Waals surface area contributed by atoms with Crippen LogP contribution in [0.3, 0.4) is 0 Å². The van der Waals surface area contributed by atoms with Gasteiger partial charge in [0.25, 0.3) is 0 Å². The molecule has 1 aliphatic heterocycles. The fourth-order valence-corrected chi connectivity index (χ4v) is 4.40. The predicted octanol–water partition coefficient (Wildman–Crippen LogP) is 4.95. The Kier molecular flexibility index (Phi) is 6.31. The summed E-state index contributed by atoms with van der Waals surface area (Å²) < 4.78 is 23.7. The first kappa shape index (κ1) is 21.8. The molecular formula is C26H23N3O4S. The SMILES string of the molecule is COc1ccc(-c2csc(=NCc3ccccc3)n2N=Cc2ccc3c(c2)OCO3)c(OC)c1. The fourth-order valence-electron chi connectivity index (χ4n) is 3.58.